The zero-order valence-electron chi connectivity index (χ0n) is 20.5. The summed E-state index contributed by atoms with van der Waals surface area (Å²) in [4.78, 5) is 29.6. The molecule has 0 N–H and O–H groups in total. The third-order valence-corrected chi connectivity index (χ3v) is 8.73. The molecule has 3 aliphatic rings. The van der Waals surface area contributed by atoms with Crippen molar-refractivity contribution in [1.29, 1.82) is 0 Å². The van der Waals surface area contributed by atoms with Gasteiger partial charge in [-0.15, -0.1) is 0 Å². The maximum absolute atomic E-state index is 13.1. The first kappa shape index (κ1) is 24.3. The summed E-state index contributed by atoms with van der Waals surface area (Å²) in [5.41, 5.74) is 3.27. The molecule has 2 aromatic rings. The highest BCUT2D eigenvalue weighted by atomic mass is 32.2. The first-order valence-electron chi connectivity index (χ1n) is 12.8. The maximum atomic E-state index is 13.1. The molecule has 2 aliphatic heterocycles. The van der Waals surface area contributed by atoms with Gasteiger partial charge < -0.3 is 4.90 Å². The van der Waals surface area contributed by atoms with Crippen LogP contribution in [0.15, 0.2) is 35.4 Å². The quantitative estimate of drug-likeness (QED) is 0.627. The Bertz CT molecular complexity index is 1170. The van der Waals surface area contributed by atoms with E-state index in [9.17, 15) is 13.2 Å². The summed E-state index contributed by atoms with van der Waals surface area (Å²) in [6.45, 7) is 5.51. The van der Waals surface area contributed by atoms with Crippen LogP contribution in [0.25, 0.3) is 11.3 Å². The summed E-state index contributed by atoms with van der Waals surface area (Å²) in [6.07, 6.45) is 9.95. The van der Waals surface area contributed by atoms with Gasteiger partial charge in [0.15, 0.2) is 9.84 Å². The van der Waals surface area contributed by atoms with Crippen molar-refractivity contribution in [3.63, 3.8) is 0 Å². The number of carbonyl (C=O) groups excluding carboxylic acids is 1. The fourth-order valence-electron chi connectivity index (χ4n) is 5.60. The van der Waals surface area contributed by atoms with Crippen LogP contribution in [-0.4, -0.2) is 90.6 Å². The molecule has 1 saturated heterocycles. The Morgan fingerprint density at radius 1 is 1.03 bits per heavy atom. The van der Waals surface area contributed by atoms with Gasteiger partial charge in [-0.25, -0.2) is 13.4 Å². The number of piperazine rings is 1. The monoisotopic (exact) mass is 497 g/mol. The molecule has 9 heteroatoms. The first-order chi connectivity index (χ1) is 16.9. The number of aryl methyl sites for hydroxylation is 1. The van der Waals surface area contributed by atoms with E-state index in [-0.39, 0.29) is 10.8 Å². The maximum Gasteiger partial charge on any atom is 0.236 e. The van der Waals surface area contributed by atoms with E-state index in [0.29, 0.717) is 18.8 Å². The lowest BCUT2D eigenvalue weighted by Crippen LogP contribution is -2.53. The normalized spacial score (nSPS) is 20.5. The SMILES string of the molecule is CS(=O)(=O)c1cccc(-c2cnc3c(n2)CCCN(CC(=O)N2CCN(C4CCCC4)CC2)C3)c1. The summed E-state index contributed by atoms with van der Waals surface area (Å²) in [7, 11) is -3.29. The average molecular weight is 498 g/mol. The highest BCUT2D eigenvalue weighted by Crippen LogP contribution is 2.25. The summed E-state index contributed by atoms with van der Waals surface area (Å²) in [5.74, 6) is 0.210. The van der Waals surface area contributed by atoms with Crippen molar-refractivity contribution in [2.45, 2.75) is 56.0 Å². The second-order valence-electron chi connectivity index (χ2n) is 10.1. The molecule has 35 heavy (non-hydrogen) atoms. The molecule has 0 bridgehead atoms. The van der Waals surface area contributed by atoms with Crippen molar-refractivity contribution < 1.29 is 13.2 Å². The number of fused-ring (bicyclic) bond motifs is 1. The Morgan fingerprint density at radius 3 is 2.54 bits per heavy atom. The Balaban J connectivity index is 1.21. The highest BCUT2D eigenvalue weighted by Gasteiger charge is 2.29. The molecule has 2 fully saturated rings. The zero-order chi connectivity index (χ0) is 24.4. The Kier molecular flexibility index (Phi) is 7.18. The molecular weight excluding hydrogens is 462 g/mol. The van der Waals surface area contributed by atoms with Crippen LogP contribution in [0.5, 0.6) is 0 Å². The summed E-state index contributed by atoms with van der Waals surface area (Å²) in [5, 5.41) is 0. The van der Waals surface area contributed by atoms with Gasteiger partial charge in [-0.3, -0.25) is 19.6 Å². The van der Waals surface area contributed by atoms with Crippen LogP contribution >= 0.6 is 0 Å². The van der Waals surface area contributed by atoms with E-state index in [1.54, 1.807) is 24.4 Å². The van der Waals surface area contributed by atoms with Crippen molar-refractivity contribution in [3.05, 3.63) is 41.9 Å². The molecule has 5 rings (SSSR count). The minimum atomic E-state index is -3.29. The number of benzene rings is 1. The van der Waals surface area contributed by atoms with E-state index in [2.05, 4.69) is 14.8 Å². The van der Waals surface area contributed by atoms with Crippen LogP contribution in [0.2, 0.25) is 0 Å². The lowest BCUT2D eigenvalue weighted by Gasteiger charge is -2.38. The molecular formula is C26H35N5O3S. The highest BCUT2D eigenvalue weighted by molar-refractivity contribution is 7.90. The molecule has 0 unspecified atom stereocenters. The van der Waals surface area contributed by atoms with Gasteiger partial charge in [0.1, 0.15) is 0 Å². The third kappa shape index (κ3) is 5.73. The number of carbonyl (C=O) groups is 1. The van der Waals surface area contributed by atoms with Crippen molar-refractivity contribution in [1.82, 2.24) is 24.7 Å². The fourth-order valence-corrected chi connectivity index (χ4v) is 6.27. The van der Waals surface area contributed by atoms with Crippen LogP contribution in [0.3, 0.4) is 0 Å². The van der Waals surface area contributed by atoms with Gasteiger partial charge in [0.25, 0.3) is 0 Å². The Morgan fingerprint density at radius 2 is 1.80 bits per heavy atom. The molecule has 1 amide bonds. The van der Waals surface area contributed by atoms with Gasteiger partial charge in [-0.1, -0.05) is 25.0 Å². The standard InChI is InChI=1S/C26H35N5O3S/c1-35(33,34)22-9-4-6-20(16-22)24-17-27-25-18-29(11-5-10-23(25)28-24)19-26(32)31-14-12-30(13-15-31)21-7-2-3-8-21/h4,6,9,16-17,21H,2-3,5,7-8,10-15,18-19H2,1H3. The lowest BCUT2D eigenvalue weighted by atomic mass is 10.1. The van der Waals surface area contributed by atoms with Gasteiger partial charge in [-0.05, 0) is 44.4 Å². The Labute approximate surface area is 208 Å². The topological polar surface area (TPSA) is 86.7 Å². The van der Waals surface area contributed by atoms with Crippen LogP contribution < -0.4 is 0 Å². The minimum Gasteiger partial charge on any atom is -0.339 e. The number of amides is 1. The average Bonchev–Trinajstić information content (AvgIpc) is 3.32. The van der Waals surface area contributed by atoms with Crippen molar-refractivity contribution in [3.8, 4) is 11.3 Å². The molecule has 0 atom stereocenters. The zero-order valence-corrected chi connectivity index (χ0v) is 21.3. The van der Waals surface area contributed by atoms with Crippen LogP contribution in [0.4, 0.5) is 0 Å². The van der Waals surface area contributed by atoms with E-state index in [1.165, 1.54) is 31.9 Å². The first-order valence-corrected chi connectivity index (χ1v) is 14.7. The van der Waals surface area contributed by atoms with E-state index in [4.69, 9.17) is 4.98 Å². The fraction of sp³-hybridized carbons (Fsp3) is 0.577. The molecule has 8 nitrogen and oxygen atoms in total. The van der Waals surface area contributed by atoms with Crippen LogP contribution in [-0.2, 0) is 27.6 Å². The second-order valence-corrected chi connectivity index (χ2v) is 12.1. The van der Waals surface area contributed by atoms with E-state index in [1.807, 2.05) is 11.0 Å². The number of hydrogen-bond acceptors (Lipinski definition) is 7. The summed E-state index contributed by atoms with van der Waals surface area (Å²) < 4.78 is 23.9. The smallest absolute Gasteiger partial charge is 0.236 e. The molecule has 1 saturated carbocycles. The van der Waals surface area contributed by atoms with Crippen molar-refractivity contribution >= 4 is 15.7 Å². The number of aromatic nitrogens is 2. The number of rotatable bonds is 5. The van der Waals surface area contributed by atoms with Gasteiger partial charge in [0.05, 0.1) is 34.7 Å². The molecule has 1 aliphatic carbocycles. The van der Waals surface area contributed by atoms with Crippen LogP contribution in [0.1, 0.15) is 43.5 Å². The van der Waals surface area contributed by atoms with Crippen molar-refractivity contribution in [2.24, 2.45) is 0 Å². The molecule has 0 radical (unpaired) electrons. The largest absolute Gasteiger partial charge is 0.339 e. The summed E-state index contributed by atoms with van der Waals surface area (Å²) >= 11 is 0. The van der Waals surface area contributed by atoms with Gasteiger partial charge >= 0.3 is 0 Å². The molecule has 1 aromatic carbocycles. The lowest BCUT2D eigenvalue weighted by molar-refractivity contribution is -0.134. The second kappa shape index (κ2) is 10.3. The number of sulfone groups is 1. The molecule has 1 aromatic heterocycles. The predicted octanol–water partition coefficient (Wildman–Crippen LogP) is 2.38. The molecule has 0 spiro atoms. The van der Waals surface area contributed by atoms with Crippen molar-refractivity contribution in [2.75, 3.05) is 45.5 Å². The van der Waals surface area contributed by atoms with Gasteiger partial charge in [0.2, 0.25) is 5.91 Å². The molecule has 3 heterocycles. The number of hydrogen-bond donors (Lipinski definition) is 0. The third-order valence-electron chi connectivity index (χ3n) is 7.62. The molecule has 188 valence electrons. The predicted molar refractivity (Wildman–Crippen MR) is 135 cm³/mol. The van der Waals surface area contributed by atoms with E-state index in [0.717, 1.165) is 68.6 Å². The van der Waals surface area contributed by atoms with Gasteiger partial charge in [0, 0.05) is 50.6 Å². The van der Waals surface area contributed by atoms with Crippen LogP contribution in [0, 0.1) is 0 Å². The minimum absolute atomic E-state index is 0.210. The van der Waals surface area contributed by atoms with E-state index < -0.39 is 9.84 Å². The number of nitrogens with zero attached hydrogens (tertiary/aromatic N) is 5. The Hall–Kier alpha value is -2.36. The van der Waals surface area contributed by atoms with E-state index >= 15 is 0 Å². The van der Waals surface area contributed by atoms with Gasteiger partial charge in [-0.2, -0.15) is 0 Å². The summed E-state index contributed by atoms with van der Waals surface area (Å²) in [6, 6.07) is 7.57.